The van der Waals surface area contributed by atoms with Crippen molar-refractivity contribution in [1.82, 2.24) is 10.2 Å². The van der Waals surface area contributed by atoms with Crippen molar-refractivity contribution in [2.45, 2.75) is 5.41 Å². The maximum Gasteiger partial charge on any atom is 0.0991 e. The van der Waals surface area contributed by atoms with Crippen LogP contribution in [0.3, 0.4) is 0 Å². The fraction of sp³-hybridized carbons (Fsp3) is 0.0200. The number of aromatic nitrogens is 2. The van der Waals surface area contributed by atoms with E-state index in [1.807, 2.05) is 6.07 Å². The molecule has 9 aromatic rings. The Balaban J connectivity index is 0.990. The zero-order chi connectivity index (χ0) is 35.1. The highest BCUT2D eigenvalue weighted by molar-refractivity contribution is 6.13. The van der Waals surface area contributed by atoms with Crippen molar-refractivity contribution >= 4 is 21.5 Å². The molecule has 3 nitrogen and oxygen atoms in total. The maximum atomic E-state index is 9.99. The van der Waals surface area contributed by atoms with Gasteiger partial charge in [0, 0.05) is 11.1 Å². The van der Waals surface area contributed by atoms with E-state index in [0.717, 1.165) is 33.6 Å². The van der Waals surface area contributed by atoms with E-state index >= 15 is 0 Å². The molecule has 0 N–H and O–H groups in total. The third kappa shape index (κ3) is 4.15. The Hall–Kier alpha value is -7.15. The minimum atomic E-state index is -0.506. The zero-order valence-corrected chi connectivity index (χ0v) is 28.6. The van der Waals surface area contributed by atoms with Gasteiger partial charge in [-0.2, -0.15) is 5.26 Å². The second-order valence-electron chi connectivity index (χ2n) is 14.0. The van der Waals surface area contributed by atoms with Crippen LogP contribution in [0.2, 0.25) is 0 Å². The van der Waals surface area contributed by atoms with Crippen LogP contribution in [0.4, 0.5) is 0 Å². The van der Waals surface area contributed by atoms with E-state index in [9.17, 15) is 5.26 Å². The standard InChI is InChI=1S/C50H29N3/c51-30-31-17-23-41-42-24-22-34(29-47(42)50(46(41)27-31)44-15-7-5-13-39(44)40-14-6-8-16-45(40)50)32-18-20-33(21-19-32)48-25-26-49(53-52-48)43-28-35-9-1-2-10-36(35)37-11-3-4-12-38(37)43/h1-29H. The van der Waals surface area contributed by atoms with Crippen LogP contribution in [0.15, 0.2) is 176 Å². The largest absolute Gasteiger partial charge is 0.192 e. The Morgan fingerprint density at radius 1 is 0.377 bits per heavy atom. The molecule has 0 aliphatic heterocycles. The molecule has 0 saturated carbocycles. The van der Waals surface area contributed by atoms with E-state index in [-0.39, 0.29) is 0 Å². The normalized spacial score (nSPS) is 13.0. The van der Waals surface area contributed by atoms with E-state index in [2.05, 4.69) is 176 Å². The second-order valence-corrected chi connectivity index (χ2v) is 14.0. The molecule has 1 spiro atoms. The van der Waals surface area contributed by atoms with E-state index in [4.69, 9.17) is 10.2 Å². The van der Waals surface area contributed by atoms with E-state index in [1.165, 1.54) is 66.1 Å². The fourth-order valence-corrected chi connectivity index (χ4v) is 9.12. The molecule has 0 bridgehead atoms. The monoisotopic (exact) mass is 671 g/mol. The Labute approximate surface area is 307 Å². The quantitative estimate of drug-likeness (QED) is 0.176. The summed E-state index contributed by atoms with van der Waals surface area (Å²) >= 11 is 0. The molecule has 1 aromatic heterocycles. The number of rotatable bonds is 3. The van der Waals surface area contributed by atoms with Gasteiger partial charge in [-0.1, -0.05) is 140 Å². The summed E-state index contributed by atoms with van der Waals surface area (Å²) in [5.74, 6) is 0. The molecule has 244 valence electrons. The van der Waals surface area contributed by atoms with Crippen molar-refractivity contribution in [3.8, 4) is 62.0 Å². The van der Waals surface area contributed by atoms with Gasteiger partial charge in [-0.15, -0.1) is 10.2 Å². The lowest BCUT2D eigenvalue weighted by atomic mass is 9.70. The van der Waals surface area contributed by atoms with Crippen LogP contribution in [-0.2, 0) is 5.41 Å². The summed E-state index contributed by atoms with van der Waals surface area (Å²) in [6, 6.07) is 65.0. The van der Waals surface area contributed by atoms with E-state index in [0.29, 0.717) is 5.56 Å². The summed E-state index contributed by atoms with van der Waals surface area (Å²) in [6.45, 7) is 0. The first-order chi connectivity index (χ1) is 26.2. The SMILES string of the molecule is N#Cc1ccc2c(c1)C1(c3ccccc3-c3ccccc31)c1cc(-c3ccc(-c4ccc(-c5cc6ccccc6c6ccccc56)nn4)cc3)ccc1-2. The molecule has 2 aliphatic carbocycles. The lowest BCUT2D eigenvalue weighted by molar-refractivity contribution is 0.793. The van der Waals surface area contributed by atoms with Crippen LogP contribution in [0.1, 0.15) is 27.8 Å². The van der Waals surface area contributed by atoms with Crippen molar-refractivity contribution in [2.75, 3.05) is 0 Å². The van der Waals surface area contributed by atoms with Crippen molar-refractivity contribution < 1.29 is 0 Å². The molecule has 8 aromatic carbocycles. The second kappa shape index (κ2) is 11.2. The van der Waals surface area contributed by atoms with Gasteiger partial charge in [0.1, 0.15) is 0 Å². The summed E-state index contributed by atoms with van der Waals surface area (Å²) < 4.78 is 0. The number of hydrogen-bond acceptors (Lipinski definition) is 3. The van der Waals surface area contributed by atoms with Gasteiger partial charge in [0.25, 0.3) is 0 Å². The lowest BCUT2D eigenvalue weighted by Gasteiger charge is -2.30. The summed E-state index contributed by atoms with van der Waals surface area (Å²) in [5, 5.41) is 24.3. The predicted molar refractivity (Wildman–Crippen MR) is 214 cm³/mol. The third-order valence-corrected chi connectivity index (χ3v) is 11.4. The Bertz CT molecular complexity index is 2960. The molecule has 0 amide bonds. The van der Waals surface area contributed by atoms with Crippen molar-refractivity contribution in [3.05, 3.63) is 204 Å². The van der Waals surface area contributed by atoms with Gasteiger partial charge < -0.3 is 0 Å². The highest BCUT2D eigenvalue weighted by atomic mass is 15.1. The molecule has 11 rings (SSSR count). The van der Waals surface area contributed by atoms with Crippen LogP contribution >= 0.6 is 0 Å². The van der Waals surface area contributed by atoms with Gasteiger partial charge in [-0.05, 0) is 114 Å². The van der Waals surface area contributed by atoms with Gasteiger partial charge in [0.05, 0.1) is 28.4 Å². The lowest BCUT2D eigenvalue weighted by Crippen LogP contribution is -2.26. The third-order valence-electron chi connectivity index (χ3n) is 11.4. The highest BCUT2D eigenvalue weighted by Gasteiger charge is 2.51. The number of nitriles is 1. The Morgan fingerprint density at radius 3 is 1.64 bits per heavy atom. The number of benzene rings is 8. The molecule has 0 saturated heterocycles. The van der Waals surface area contributed by atoms with Crippen LogP contribution < -0.4 is 0 Å². The minimum Gasteiger partial charge on any atom is -0.192 e. The molecule has 1 heterocycles. The Morgan fingerprint density at radius 2 is 0.925 bits per heavy atom. The van der Waals surface area contributed by atoms with Crippen molar-refractivity contribution in [2.24, 2.45) is 0 Å². The van der Waals surface area contributed by atoms with E-state index < -0.39 is 5.41 Å². The number of fused-ring (bicyclic) bond motifs is 13. The summed E-state index contributed by atoms with van der Waals surface area (Å²) in [7, 11) is 0. The van der Waals surface area contributed by atoms with Gasteiger partial charge >= 0.3 is 0 Å². The van der Waals surface area contributed by atoms with Gasteiger partial charge in [-0.3, -0.25) is 0 Å². The first kappa shape index (κ1) is 29.6. The minimum absolute atomic E-state index is 0.506. The predicted octanol–water partition coefficient (Wildman–Crippen LogP) is 12.0. The smallest absolute Gasteiger partial charge is 0.0991 e. The number of nitrogens with zero attached hydrogens (tertiary/aromatic N) is 3. The highest BCUT2D eigenvalue weighted by Crippen LogP contribution is 2.63. The molecule has 53 heavy (non-hydrogen) atoms. The van der Waals surface area contributed by atoms with Crippen LogP contribution in [0.5, 0.6) is 0 Å². The summed E-state index contributed by atoms with van der Waals surface area (Å²) in [6.07, 6.45) is 0. The maximum absolute atomic E-state index is 9.99. The zero-order valence-electron chi connectivity index (χ0n) is 28.6. The molecule has 0 atom stereocenters. The van der Waals surface area contributed by atoms with Crippen molar-refractivity contribution in [1.29, 1.82) is 5.26 Å². The van der Waals surface area contributed by atoms with Gasteiger partial charge in [0.15, 0.2) is 0 Å². The average molecular weight is 672 g/mol. The Kier molecular flexibility index (Phi) is 6.23. The topological polar surface area (TPSA) is 49.6 Å². The van der Waals surface area contributed by atoms with Crippen LogP contribution in [0.25, 0.3) is 77.4 Å². The van der Waals surface area contributed by atoms with Crippen LogP contribution in [0, 0.1) is 11.3 Å². The van der Waals surface area contributed by atoms with E-state index in [1.54, 1.807) is 0 Å². The summed E-state index contributed by atoms with van der Waals surface area (Å²) in [5.41, 5.74) is 16.1. The molecule has 0 fully saturated rings. The van der Waals surface area contributed by atoms with Crippen LogP contribution in [-0.4, -0.2) is 10.2 Å². The first-order valence-corrected chi connectivity index (χ1v) is 18.0. The fourth-order valence-electron chi connectivity index (χ4n) is 9.12. The number of hydrogen-bond donors (Lipinski definition) is 0. The molecular formula is C50H29N3. The van der Waals surface area contributed by atoms with Gasteiger partial charge in [0.2, 0.25) is 0 Å². The summed E-state index contributed by atoms with van der Waals surface area (Å²) in [4.78, 5) is 0. The van der Waals surface area contributed by atoms with Gasteiger partial charge in [-0.25, -0.2) is 0 Å². The molecule has 0 unspecified atom stereocenters. The molecular weight excluding hydrogens is 643 g/mol. The molecule has 0 radical (unpaired) electrons. The molecule has 2 aliphatic rings. The average Bonchev–Trinajstić information content (AvgIpc) is 3.70. The van der Waals surface area contributed by atoms with Crippen molar-refractivity contribution in [3.63, 3.8) is 0 Å². The molecule has 3 heteroatoms. The first-order valence-electron chi connectivity index (χ1n) is 18.0.